The Kier molecular flexibility index (Phi) is 6.71. The van der Waals surface area contributed by atoms with E-state index in [-0.39, 0.29) is 18.0 Å². The van der Waals surface area contributed by atoms with E-state index in [0.29, 0.717) is 6.54 Å². The van der Waals surface area contributed by atoms with Gasteiger partial charge in [-0.1, -0.05) is 38.5 Å². The Morgan fingerprint density at radius 1 is 1.30 bits per heavy atom. The van der Waals surface area contributed by atoms with E-state index in [1.165, 1.54) is 5.69 Å². The third-order valence-electron chi connectivity index (χ3n) is 4.72. The maximum atomic E-state index is 11.9. The van der Waals surface area contributed by atoms with E-state index in [2.05, 4.69) is 39.8 Å². The summed E-state index contributed by atoms with van der Waals surface area (Å²) in [6, 6.07) is 10.4. The minimum absolute atomic E-state index is 0.175. The first-order valence-corrected chi connectivity index (χ1v) is 8.62. The summed E-state index contributed by atoms with van der Waals surface area (Å²) in [5.74, 6) is 0.199. The molecule has 5 nitrogen and oxygen atoms in total. The van der Waals surface area contributed by atoms with E-state index >= 15 is 0 Å². The number of hydrogen-bond acceptors (Lipinski definition) is 3. The smallest absolute Gasteiger partial charge is 0.315 e. The third kappa shape index (κ3) is 5.43. The molecule has 0 spiro atoms. The Morgan fingerprint density at radius 2 is 1.96 bits per heavy atom. The summed E-state index contributed by atoms with van der Waals surface area (Å²) in [4.78, 5) is 14.3. The lowest BCUT2D eigenvalue weighted by Gasteiger charge is -2.34. The number of rotatable bonds is 6. The first kappa shape index (κ1) is 17.6. The van der Waals surface area contributed by atoms with Crippen LogP contribution < -0.4 is 15.5 Å². The second-order valence-corrected chi connectivity index (χ2v) is 6.40. The average Bonchev–Trinajstić information content (AvgIpc) is 2.60. The van der Waals surface area contributed by atoms with E-state index in [0.717, 1.165) is 32.4 Å². The fourth-order valence-corrected chi connectivity index (χ4v) is 2.83. The molecular formula is C18H29N3O2. The van der Waals surface area contributed by atoms with Gasteiger partial charge < -0.3 is 20.6 Å². The summed E-state index contributed by atoms with van der Waals surface area (Å²) in [6.07, 6.45) is 2.31. The highest BCUT2D eigenvalue weighted by Crippen LogP contribution is 2.19. The highest BCUT2D eigenvalue weighted by Gasteiger charge is 2.21. The lowest BCUT2D eigenvalue weighted by atomic mass is 10.0. The second kappa shape index (κ2) is 8.77. The quantitative estimate of drug-likeness (QED) is 0.754. The molecule has 2 amide bonds. The van der Waals surface area contributed by atoms with Crippen molar-refractivity contribution in [2.24, 2.45) is 5.92 Å². The summed E-state index contributed by atoms with van der Waals surface area (Å²) in [7, 11) is 0. The molecule has 5 heteroatoms. The molecule has 1 saturated heterocycles. The number of carbonyl (C=O) groups is 1. The number of urea groups is 1. The minimum Gasteiger partial charge on any atom is -0.391 e. The van der Waals surface area contributed by atoms with Gasteiger partial charge in [0.15, 0.2) is 0 Å². The molecular weight excluding hydrogens is 290 g/mol. The molecule has 128 valence electrons. The maximum Gasteiger partial charge on any atom is 0.315 e. The van der Waals surface area contributed by atoms with Crippen molar-refractivity contribution in [3.8, 4) is 0 Å². The first-order chi connectivity index (χ1) is 11.1. The third-order valence-corrected chi connectivity index (χ3v) is 4.72. The monoisotopic (exact) mass is 319 g/mol. The van der Waals surface area contributed by atoms with Crippen molar-refractivity contribution in [1.82, 2.24) is 10.6 Å². The van der Waals surface area contributed by atoms with Crippen LogP contribution in [-0.2, 0) is 0 Å². The molecule has 2 rings (SSSR count). The summed E-state index contributed by atoms with van der Waals surface area (Å²) in [5.41, 5.74) is 1.24. The predicted octanol–water partition coefficient (Wildman–Crippen LogP) is 2.36. The predicted molar refractivity (Wildman–Crippen MR) is 93.7 cm³/mol. The molecule has 23 heavy (non-hydrogen) atoms. The lowest BCUT2D eigenvalue weighted by molar-refractivity contribution is 0.114. The molecule has 1 aliphatic heterocycles. The van der Waals surface area contributed by atoms with Gasteiger partial charge in [-0.05, 0) is 30.9 Å². The van der Waals surface area contributed by atoms with Crippen molar-refractivity contribution in [2.75, 3.05) is 24.5 Å². The molecule has 1 fully saturated rings. The van der Waals surface area contributed by atoms with Crippen molar-refractivity contribution in [3.63, 3.8) is 0 Å². The zero-order chi connectivity index (χ0) is 16.7. The van der Waals surface area contributed by atoms with Crippen LogP contribution in [0.2, 0.25) is 0 Å². The van der Waals surface area contributed by atoms with Gasteiger partial charge in [0.05, 0.1) is 6.10 Å². The molecule has 1 aromatic rings. The van der Waals surface area contributed by atoms with E-state index < -0.39 is 6.10 Å². The van der Waals surface area contributed by atoms with Crippen LogP contribution in [0.1, 0.15) is 33.1 Å². The normalized spacial score (nSPS) is 18.3. The van der Waals surface area contributed by atoms with Crippen LogP contribution in [0.25, 0.3) is 0 Å². The number of hydrogen-bond donors (Lipinski definition) is 3. The van der Waals surface area contributed by atoms with Crippen molar-refractivity contribution in [3.05, 3.63) is 30.3 Å². The van der Waals surface area contributed by atoms with Gasteiger partial charge in [0.2, 0.25) is 0 Å². The van der Waals surface area contributed by atoms with E-state index in [9.17, 15) is 9.90 Å². The Hall–Kier alpha value is -1.75. The average molecular weight is 319 g/mol. The van der Waals surface area contributed by atoms with E-state index in [4.69, 9.17) is 0 Å². The zero-order valence-corrected chi connectivity index (χ0v) is 14.2. The molecule has 3 N–H and O–H groups in total. The molecule has 1 aliphatic rings. The van der Waals surface area contributed by atoms with Crippen LogP contribution in [0.3, 0.4) is 0 Å². The topological polar surface area (TPSA) is 64.6 Å². The number of anilines is 1. The number of benzene rings is 1. The molecule has 0 radical (unpaired) electrons. The van der Waals surface area contributed by atoms with Gasteiger partial charge in [-0.15, -0.1) is 0 Å². The first-order valence-electron chi connectivity index (χ1n) is 8.62. The van der Waals surface area contributed by atoms with Crippen molar-refractivity contribution < 1.29 is 9.90 Å². The summed E-state index contributed by atoms with van der Waals surface area (Å²) in [5, 5.41) is 15.7. The van der Waals surface area contributed by atoms with Crippen LogP contribution >= 0.6 is 0 Å². The highest BCUT2D eigenvalue weighted by atomic mass is 16.3. The molecule has 0 aromatic heterocycles. The number of aliphatic hydroxyl groups excluding tert-OH is 1. The Morgan fingerprint density at radius 3 is 2.57 bits per heavy atom. The number of nitrogens with zero attached hydrogens (tertiary/aromatic N) is 1. The lowest BCUT2D eigenvalue weighted by Crippen LogP contribution is -2.49. The Balaban J connectivity index is 1.69. The number of para-hydroxylation sites is 1. The Bertz CT molecular complexity index is 472. The summed E-state index contributed by atoms with van der Waals surface area (Å²) in [6.45, 7) is 6.23. The second-order valence-electron chi connectivity index (χ2n) is 6.40. The zero-order valence-electron chi connectivity index (χ0n) is 14.2. The van der Waals surface area contributed by atoms with Crippen LogP contribution in [0, 0.1) is 5.92 Å². The number of nitrogens with one attached hydrogen (secondary N) is 2. The number of amides is 2. The number of piperidine rings is 1. The van der Waals surface area contributed by atoms with Crippen LogP contribution in [0.4, 0.5) is 10.5 Å². The minimum atomic E-state index is -0.481. The van der Waals surface area contributed by atoms with Gasteiger partial charge in [-0.2, -0.15) is 0 Å². The summed E-state index contributed by atoms with van der Waals surface area (Å²) >= 11 is 0. The molecule has 2 unspecified atom stereocenters. The number of carbonyl (C=O) groups excluding carboxylic acids is 1. The molecule has 2 atom stereocenters. The van der Waals surface area contributed by atoms with Crippen LogP contribution in [0.15, 0.2) is 30.3 Å². The molecule has 1 heterocycles. The fourth-order valence-electron chi connectivity index (χ4n) is 2.83. The van der Waals surface area contributed by atoms with E-state index in [1.807, 2.05) is 19.9 Å². The largest absolute Gasteiger partial charge is 0.391 e. The maximum absolute atomic E-state index is 11.9. The number of aliphatic hydroxyl groups is 1. The molecule has 1 aromatic carbocycles. The van der Waals surface area contributed by atoms with Gasteiger partial charge in [0, 0.05) is 31.4 Å². The SMILES string of the molecule is CCC(C)C(O)CNC(=O)NC1CCN(c2ccccc2)CC1. The van der Waals surface area contributed by atoms with Crippen molar-refractivity contribution in [1.29, 1.82) is 0 Å². The highest BCUT2D eigenvalue weighted by molar-refractivity contribution is 5.74. The van der Waals surface area contributed by atoms with Gasteiger partial charge in [0.1, 0.15) is 0 Å². The van der Waals surface area contributed by atoms with Gasteiger partial charge in [0.25, 0.3) is 0 Å². The van der Waals surface area contributed by atoms with E-state index in [1.54, 1.807) is 0 Å². The van der Waals surface area contributed by atoms with Gasteiger partial charge in [-0.3, -0.25) is 0 Å². The summed E-state index contributed by atoms with van der Waals surface area (Å²) < 4.78 is 0. The molecule has 0 bridgehead atoms. The van der Waals surface area contributed by atoms with Gasteiger partial charge in [-0.25, -0.2) is 4.79 Å². The fraction of sp³-hybridized carbons (Fsp3) is 0.611. The standard InChI is InChI=1S/C18H29N3O2/c1-3-14(2)17(22)13-19-18(23)20-15-9-11-21(12-10-15)16-7-5-4-6-8-16/h4-8,14-15,17,22H,3,9-13H2,1-2H3,(H2,19,20,23). The van der Waals surface area contributed by atoms with Gasteiger partial charge >= 0.3 is 6.03 Å². The Labute approximate surface area is 139 Å². The van der Waals surface area contributed by atoms with Crippen molar-refractivity contribution in [2.45, 2.75) is 45.3 Å². The molecule has 0 aliphatic carbocycles. The van der Waals surface area contributed by atoms with Crippen molar-refractivity contribution >= 4 is 11.7 Å². The van der Waals surface area contributed by atoms with Crippen LogP contribution in [-0.4, -0.2) is 42.9 Å². The molecule has 0 saturated carbocycles. The van der Waals surface area contributed by atoms with Crippen LogP contribution in [0.5, 0.6) is 0 Å².